The highest BCUT2D eigenvalue weighted by Crippen LogP contribution is 2.27. The van der Waals surface area contributed by atoms with Gasteiger partial charge in [0.2, 0.25) is 5.89 Å². The molecule has 0 atom stereocenters. The smallest absolute Gasteiger partial charge is 0.240 e. The van der Waals surface area contributed by atoms with Gasteiger partial charge >= 0.3 is 0 Å². The number of furan rings is 1. The minimum atomic E-state index is 0.526. The Hall–Kier alpha value is -2.14. The van der Waals surface area contributed by atoms with Gasteiger partial charge in [0.15, 0.2) is 5.82 Å². The number of benzene rings is 1. The zero-order valence-corrected chi connectivity index (χ0v) is 14.9. The second-order valence-corrected chi connectivity index (χ2v) is 6.73. The maximum Gasteiger partial charge on any atom is 0.240 e. The first-order chi connectivity index (χ1) is 11.6. The number of nitrogens with zero attached hydrogens (tertiary/aromatic N) is 3. The van der Waals surface area contributed by atoms with E-state index >= 15 is 0 Å². The van der Waals surface area contributed by atoms with Gasteiger partial charge in [-0.05, 0) is 19.0 Å². The molecule has 0 saturated heterocycles. The first-order valence-electron chi connectivity index (χ1n) is 8.56. The van der Waals surface area contributed by atoms with Crippen molar-refractivity contribution in [3.63, 3.8) is 0 Å². The maximum absolute atomic E-state index is 5.97. The Morgan fingerprint density at radius 3 is 2.71 bits per heavy atom. The zero-order valence-electron chi connectivity index (χ0n) is 14.9. The number of aryl methyl sites for hydroxylation is 1. The van der Waals surface area contributed by atoms with E-state index in [9.17, 15) is 0 Å². The second kappa shape index (κ2) is 7.18. The molecule has 2 heterocycles. The van der Waals surface area contributed by atoms with Crippen LogP contribution < -0.4 is 0 Å². The Balaban J connectivity index is 1.73. The Morgan fingerprint density at radius 1 is 1.17 bits per heavy atom. The molecule has 5 heteroatoms. The third-order valence-electron chi connectivity index (χ3n) is 4.04. The molecule has 24 heavy (non-hydrogen) atoms. The molecule has 0 unspecified atom stereocenters. The van der Waals surface area contributed by atoms with Crippen molar-refractivity contribution in [1.29, 1.82) is 0 Å². The molecule has 1 aromatic carbocycles. The molecule has 0 amide bonds. The highest BCUT2D eigenvalue weighted by Gasteiger charge is 2.16. The molecule has 0 spiro atoms. The molecule has 3 rings (SSSR count). The lowest BCUT2D eigenvalue weighted by Crippen LogP contribution is -2.18. The van der Waals surface area contributed by atoms with Crippen LogP contribution in [0.15, 0.2) is 33.2 Å². The number of rotatable bonds is 7. The summed E-state index contributed by atoms with van der Waals surface area (Å²) in [5.41, 5.74) is 2.20. The van der Waals surface area contributed by atoms with E-state index in [4.69, 9.17) is 8.94 Å². The van der Waals surface area contributed by atoms with Gasteiger partial charge in [-0.1, -0.05) is 44.1 Å². The first kappa shape index (κ1) is 16.7. The summed E-state index contributed by atoms with van der Waals surface area (Å²) in [4.78, 5) is 6.67. The summed E-state index contributed by atoms with van der Waals surface area (Å²) in [5.74, 6) is 3.03. The average Bonchev–Trinajstić information content (AvgIpc) is 3.11. The first-order valence-corrected chi connectivity index (χ1v) is 8.56. The van der Waals surface area contributed by atoms with Crippen LogP contribution in [0.3, 0.4) is 0 Å². The number of hydrogen-bond donors (Lipinski definition) is 0. The van der Waals surface area contributed by atoms with Crippen molar-refractivity contribution in [2.24, 2.45) is 5.92 Å². The van der Waals surface area contributed by atoms with Crippen LogP contribution in [-0.2, 0) is 25.9 Å². The molecule has 5 nitrogen and oxygen atoms in total. The molecule has 128 valence electrons. The molecule has 0 bridgehead atoms. The lowest BCUT2D eigenvalue weighted by Gasteiger charge is -2.14. The van der Waals surface area contributed by atoms with Gasteiger partial charge in [-0.15, -0.1) is 0 Å². The maximum atomic E-state index is 5.97. The number of hydrogen-bond acceptors (Lipinski definition) is 5. The number of aromatic nitrogens is 2. The van der Waals surface area contributed by atoms with Crippen LogP contribution in [0, 0.1) is 5.92 Å². The van der Waals surface area contributed by atoms with Gasteiger partial charge in [-0.2, -0.15) is 4.98 Å². The van der Waals surface area contributed by atoms with E-state index in [1.165, 1.54) is 10.9 Å². The van der Waals surface area contributed by atoms with Crippen LogP contribution in [0.4, 0.5) is 0 Å². The third kappa shape index (κ3) is 3.67. The molecular formula is C19H25N3O2. The van der Waals surface area contributed by atoms with E-state index in [1.807, 2.05) is 12.1 Å². The Labute approximate surface area is 142 Å². The van der Waals surface area contributed by atoms with Gasteiger partial charge < -0.3 is 8.94 Å². The average molecular weight is 327 g/mol. The van der Waals surface area contributed by atoms with Crippen LogP contribution in [0.5, 0.6) is 0 Å². The van der Waals surface area contributed by atoms with E-state index in [2.05, 4.69) is 55.0 Å². The van der Waals surface area contributed by atoms with Crippen LogP contribution in [-0.4, -0.2) is 22.1 Å². The van der Waals surface area contributed by atoms with Gasteiger partial charge in [0, 0.05) is 30.3 Å². The fourth-order valence-corrected chi connectivity index (χ4v) is 2.97. The molecule has 2 aromatic heterocycles. The molecule has 0 N–H and O–H groups in total. The number of fused-ring (bicyclic) bond motifs is 1. The summed E-state index contributed by atoms with van der Waals surface area (Å²) in [6, 6.07) is 8.20. The Kier molecular flexibility index (Phi) is 5.00. The van der Waals surface area contributed by atoms with Crippen molar-refractivity contribution in [1.82, 2.24) is 15.0 Å². The second-order valence-electron chi connectivity index (χ2n) is 6.73. The van der Waals surface area contributed by atoms with Gasteiger partial charge in [-0.3, -0.25) is 4.90 Å². The molecule has 0 aliphatic heterocycles. The van der Waals surface area contributed by atoms with Crippen molar-refractivity contribution in [2.45, 2.75) is 46.7 Å². The summed E-state index contributed by atoms with van der Waals surface area (Å²) in [6.45, 7) is 7.85. The van der Waals surface area contributed by atoms with E-state index in [0.717, 1.165) is 36.6 Å². The molecule has 0 fully saturated rings. The van der Waals surface area contributed by atoms with Crippen molar-refractivity contribution in [2.75, 3.05) is 7.05 Å². The summed E-state index contributed by atoms with van der Waals surface area (Å²) < 4.78 is 11.3. The van der Waals surface area contributed by atoms with Crippen molar-refractivity contribution >= 4 is 11.0 Å². The highest BCUT2D eigenvalue weighted by atomic mass is 16.5. The standard InChI is InChI=1S/C19H25N3O2/c1-5-16-15(14-8-6-7-9-17(14)23-16)11-22(4)12-19-20-18(21-24-19)10-13(2)3/h6-9,13H,5,10-12H2,1-4H3. The normalized spacial score (nSPS) is 11.9. The van der Waals surface area contributed by atoms with Crippen LogP contribution >= 0.6 is 0 Å². The fraction of sp³-hybridized carbons (Fsp3) is 0.474. The Morgan fingerprint density at radius 2 is 1.96 bits per heavy atom. The molecule has 3 aromatic rings. The van der Waals surface area contributed by atoms with E-state index < -0.39 is 0 Å². The highest BCUT2D eigenvalue weighted by molar-refractivity contribution is 5.82. The lowest BCUT2D eigenvalue weighted by atomic mass is 10.1. The lowest BCUT2D eigenvalue weighted by molar-refractivity contribution is 0.259. The SMILES string of the molecule is CCc1oc2ccccc2c1CN(C)Cc1nc(CC(C)C)no1. The van der Waals surface area contributed by atoms with Gasteiger partial charge in [0.05, 0.1) is 6.54 Å². The number of para-hydroxylation sites is 1. The summed E-state index contributed by atoms with van der Waals surface area (Å²) in [7, 11) is 2.06. The van der Waals surface area contributed by atoms with E-state index in [0.29, 0.717) is 18.4 Å². The zero-order chi connectivity index (χ0) is 17.1. The van der Waals surface area contributed by atoms with Crippen molar-refractivity contribution < 1.29 is 8.94 Å². The summed E-state index contributed by atoms with van der Waals surface area (Å²) in [6.07, 6.45) is 1.73. The van der Waals surface area contributed by atoms with Crippen LogP contribution in [0.1, 0.15) is 43.8 Å². The molecule has 0 saturated carbocycles. The van der Waals surface area contributed by atoms with Crippen molar-refractivity contribution in [3.05, 3.63) is 47.3 Å². The van der Waals surface area contributed by atoms with Crippen LogP contribution in [0.2, 0.25) is 0 Å². The minimum absolute atomic E-state index is 0.526. The summed E-state index contributed by atoms with van der Waals surface area (Å²) in [5, 5.41) is 5.25. The van der Waals surface area contributed by atoms with Gasteiger partial charge in [0.1, 0.15) is 11.3 Å². The van der Waals surface area contributed by atoms with Gasteiger partial charge in [0.25, 0.3) is 0 Å². The topological polar surface area (TPSA) is 55.3 Å². The van der Waals surface area contributed by atoms with Crippen LogP contribution in [0.25, 0.3) is 11.0 Å². The monoisotopic (exact) mass is 327 g/mol. The van der Waals surface area contributed by atoms with E-state index in [1.54, 1.807) is 0 Å². The molecule has 0 radical (unpaired) electrons. The minimum Gasteiger partial charge on any atom is -0.461 e. The predicted molar refractivity (Wildman–Crippen MR) is 93.6 cm³/mol. The predicted octanol–water partition coefficient (Wildman–Crippen LogP) is 4.21. The largest absolute Gasteiger partial charge is 0.461 e. The quantitative estimate of drug-likeness (QED) is 0.650. The summed E-state index contributed by atoms with van der Waals surface area (Å²) >= 11 is 0. The van der Waals surface area contributed by atoms with Crippen molar-refractivity contribution in [3.8, 4) is 0 Å². The Bertz CT molecular complexity index is 804. The molecule has 0 aliphatic carbocycles. The fourth-order valence-electron chi connectivity index (χ4n) is 2.97. The van der Waals surface area contributed by atoms with E-state index in [-0.39, 0.29) is 0 Å². The third-order valence-corrected chi connectivity index (χ3v) is 4.04. The molecular weight excluding hydrogens is 302 g/mol. The van der Waals surface area contributed by atoms with Gasteiger partial charge in [-0.25, -0.2) is 0 Å². The molecule has 0 aliphatic rings.